The molecule has 1 aliphatic carbocycles. The zero-order chi connectivity index (χ0) is 14.5. The molecule has 1 aliphatic rings. The second kappa shape index (κ2) is 12.2. The van der Waals surface area contributed by atoms with Gasteiger partial charge in [-0.25, -0.2) is 0 Å². The molecule has 1 fully saturated rings. The summed E-state index contributed by atoms with van der Waals surface area (Å²) in [6, 6.07) is 0. The number of hydrogen-bond acceptors (Lipinski definition) is 1. The smallest absolute Gasteiger partial charge is 0.310 e. The van der Waals surface area contributed by atoms with Gasteiger partial charge < -0.3 is 5.11 Å². The van der Waals surface area contributed by atoms with Crippen LogP contribution in [0.3, 0.4) is 0 Å². The third-order valence-electron chi connectivity index (χ3n) is 4.51. The van der Waals surface area contributed by atoms with E-state index in [9.17, 15) is 9.90 Å². The van der Waals surface area contributed by atoms with E-state index >= 15 is 0 Å². The SMILES string of the molecule is O=C(O)[C]1CCCCCCCCCCCCCCCC1. The van der Waals surface area contributed by atoms with Gasteiger partial charge in [0.25, 0.3) is 0 Å². The van der Waals surface area contributed by atoms with E-state index in [1.54, 1.807) is 0 Å². The monoisotopic (exact) mass is 281 g/mol. The fourth-order valence-corrected chi connectivity index (χ4v) is 3.14. The highest BCUT2D eigenvalue weighted by Crippen LogP contribution is 2.22. The average molecular weight is 281 g/mol. The first-order valence-corrected chi connectivity index (χ1v) is 8.88. The van der Waals surface area contributed by atoms with E-state index in [2.05, 4.69) is 0 Å². The number of carbonyl (C=O) groups is 1. The summed E-state index contributed by atoms with van der Waals surface area (Å²) in [4.78, 5) is 11.2. The summed E-state index contributed by atoms with van der Waals surface area (Å²) in [5.41, 5.74) is 0. The Morgan fingerprint density at radius 1 is 0.550 bits per heavy atom. The van der Waals surface area contributed by atoms with Gasteiger partial charge in [0.15, 0.2) is 0 Å². The van der Waals surface area contributed by atoms with Gasteiger partial charge in [0.2, 0.25) is 0 Å². The summed E-state index contributed by atoms with van der Waals surface area (Å²) in [6.07, 6.45) is 19.8. The molecular formula is C18H33O2. The van der Waals surface area contributed by atoms with Crippen LogP contribution in [-0.2, 0) is 4.79 Å². The molecule has 1 N–H and O–H groups in total. The van der Waals surface area contributed by atoms with Crippen LogP contribution in [0.25, 0.3) is 0 Å². The highest BCUT2D eigenvalue weighted by molar-refractivity contribution is 5.82. The lowest BCUT2D eigenvalue weighted by Gasteiger charge is -2.11. The topological polar surface area (TPSA) is 37.3 Å². The van der Waals surface area contributed by atoms with E-state index < -0.39 is 5.97 Å². The van der Waals surface area contributed by atoms with Gasteiger partial charge in [-0.1, -0.05) is 89.9 Å². The first-order chi connectivity index (χ1) is 9.80. The van der Waals surface area contributed by atoms with E-state index in [1.165, 1.54) is 77.0 Å². The lowest BCUT2D eigenvalue weighted by atomic mass is 9.94. The molecule has 0 unspecified atom stereocenters. The Balaban J connectivity index is 2.25. The number of hydrogen-bond donors (Lipinski definition) is 1. The van der Waals surface area contributed by atoms with Crippen LogP contribution >= 0.6 is 0 Å². The van der Waals surface area contributed by atoms with Gasteiger partial charge in [0.05, 0.1) is 5.92 Å². The quantitative estimate of drug-likeness (QED) is 0.649. The minimum absolute atomic E-state index is 0.650. The molecule has 20 heavy (non-hydrogen) atoms. The molecule has 0 spiro atoms. The molecule has 0 saturated heterocycles. The van der Waals surface area contributed by atoms with Crippen molar-refractivity contribution < 1.29 is 9.90 Å². The summed E-state index contributed by atoms with van der Waals surface area (Å²) in [5.74, 6) is 0.122. The van der Waals surface area contributed by atoms with E-state index in [-0.39, 0.29) is 0 Å². The summed E-state index contributed by atoms with van der Waals surface area (Å²) >= 11 is 0. The Morgan fingerprint density at radius 3 is 1.05 bits per heavy atom. The van der Waals surface area contributed by atoms with Gasteiger partial charge in [0, 0.05) is 0 Å². The van der Waals surface area contributed by atoms with E-state index in [0.717, 1.165) is 31.6 Å². The van der Waals surface area contributed by atoms with Crippen molar-refractivity contribution in [3.63, 3.8) is 0 Å². The van der Waals surface area contributed by atoms with Crippen molar-refractivity contribution in [3.8, 4) is 0 Å². The molecule has 0 aromatic carbocycles. The zero-order valence-electron chi connectivity index (χ0n) is 13.2. The van der Waals surface area contributed by atoms with Crippen LogP contribution in [0.15, 0.2) is 0 Å². The minimum atomic E-state index is -0.650. The summed E-state index contributed by atoms with van der Waals surface area (Å²) < 4.78 is 0. The molecule has 0 heterocycles. The summed E-state index contributed by atoms with van der Waals surface area (Å²) in [7, 11) is 0. The molecular weight excluding hydrogens is 248 g/mol. The van der Waals surface area contributed by atoms with Crippen molar-refractivity contribution in [1.82, 2.24) is 0 Å². The second-order valence-corrected chi connectivity index (χ2v) is 6.36. The van der Waals surface area contributed by atoms with Gasteiger partial charge in [0.1, 0.15) is 0 Å². The van der Waals surface area contributed by atoms with Crippen molar-refractivity contribution >= 4 is 5.97 Å². The van der Waals surface area contributed by atoms with Crippen LogP contribution in [0.4, 0.5) is 0 Å². The fourth-order valence-electron chi connectivity index (χ4n) is 3.14. The molecule has 0 aromatic heterocycles. The molecule has 2 heteroatoms. The van der Waals surface area contributed by atoms with Crippen molar-refractivity contribution in [3.05, 3.63) is 5.92 Å². The highest BCUT2D eigenvalue weighted by Gasteiger charge is 2.17. The molecule has 1 radical (unpaired) electrons. The molecule has 0 amide bonds. The van der Waals surface area contributed by atoms with Gasteiger partial charge in [-0.05, 0) is 12.8 Å². The van der Waals surface area contributed by atoms with Crippen LogP contribution in [0, 0.1) is 5.92 Å². The first-order valence-electron chi connectivity index (χ1n) is 8.88. The Bertz CT molecular complexity index is 220. The average Bonchev–Trinajstić information content (AvgIpc) is 2.43. The maximum absolute atomic E-state index is 11.2. The molecule has 0 bridgehead atoms. The largest absolute Gasteiger partial charge is 0.481 e. The van der Waals surface area contributed by atoms with Crippen LogP contribution in [-0.4, -0.2) is 11.1 Å². The van der Waals surface area contributed by atoms with Crippen molar-refractivity contribution in [2.45, 2.75) is 103 Å². The van der Waals surface area contributed by atoms with Crippen molar-refractivity contribution in [2.75, 3.05) is 0 Å². The normalized spacial score (nSPS) is 23.0. The number of carboxylic acid groups (broad SMARTS) is 1. The maximum atomic E-state index is 11.2. The van der Waals surface area contributed by atoms with Gasteiger partial charge >= 0.3 is 5.97 Å². The molecule has 117 valence electrons. The molecule has 2 nitrogen and oxygen atoms in total. The third kappa shape index (κ3) is 9.39. The fraction of sp³-hybridized carbons (Fsp3) is 0.889. The third-order valence-corrected chi connectivity index (χ3v) is 4.51. The predicted molar refractivity (Wildman–Crippen MR) is 84.8 cm³/mol. The zero-order valence-corrected chi connectivity index (χ0v) is 13.2. The molecule has 0 atom stereocenters. The second-order valence-electron chi connectivity index (χ2n) is 6.36. The van der Waals surface area contributed by atoms with Crippen LogP contribution in [0.5, 0.6) is 0 Å². The van der Waals surface area contributed by atoms with E-state index in [0.29, 0.717) is 0 Å². The summed E-state index contributed by atoms with van der Waals surface area (Å²) in [6.45, 7) is 0. The Labute approximate surface area is 125 Å². The van der Waals surface area contributed by atoms with E-state index in [4.69, 9.17) is 0 Å². The van der Waals surface area contributed by atoms with Gasteiger partial charge in [-0.15, -0.1) is 0 Å². The molecule has 1 saturated carbocycles. The lowest BCUT2D eigenvalue weighted by Crippen LogP contribution is -2.11. The predicted octanol–water partition coefficient (Wildman–Crippen LogP) is 5.90. The highest BCUT2D eigenvalue weighted by atomic mass is 16.4. The molecule has 1 rings (SSSR count). The number of aliphatic carboxylic acids is 1. The van der Waals surface area contributed by atoms with Crippen LogP contribution in [0.1, 0.15) is 103 Å². The van der Waals surface area contributed by atoms with Gasteiger partial charge in [-0.3, -0.25) is 4.79 Å². The number of carboxylic acids is 1. The Morgan fingerprint density at radius 2 is 0.800 bits per heavy atom. The maximum Gasteiger partial charge on any atom is 0.310 e. The van der Waals surface area contributed by atoms with Gasteiger partial charge in [-0.2, -0.15) is 0 Å². The molecule has 0 aliphatic heterocycles. The number of rotatable bonds is 1. The van der Waals surface area contributed by atoms with Crippen molar-refractivity contribution in [1.29, 1.82) is 0 Å². The van der Waals surface area contributed by atoms with E-state index in [1.807, 2.05) is 0 Å². The first kappa shape index (κ1) is 17.5. The molecule has 0 aromatic rings. The lowest BCUT2D eigenvalue weighted by molar-refractivity contribution is -0.135. The van der Waals surface area contributed by atoms with Crippen LogP contribution < -0.4 is 0 Å². The Hall–Kier alpha value is -0.530. The standard InChI is InChI=1S/C18H33O2/c19-18(20)17-15-13-11-9-7-5-3-1-2-4-6-8-10-12-14-16-17/h1-16H2,(H,19,20). The Kier molecular flexibility index (Phi) is 10.7. The van der Waals surface area contributed by atoms with Crippen LogP contribution in [0.2, 0.25) is 0 Å². The minimum Gasteiger partial charge on any atom is -0.481 e. The van der Waals surface area contributed by atoms with Crippen molar-refractivity contribution in [2.24, 2.45) is 0 Å². The summed E-state index contributed by atoms with van der Waals surface area (Å²) in [5, 5.41) is 9.23.